The first-order chi connectivity index (χ1) is 13.4. The molecular formula is C23H25N2O3+. The molecule has 144 valence electrons. The number of carbonyl (C=O) groups is 2. The largest absolute Gasteiger partial charge is 0.497 e. The summed E-state index contributed by atoms with van der Waals surface area (Å²) < 4.78 is 5.26. The van der Waals surface area contributed by atoms with Crippen molar-refractivity contribution in [3.8, 4) is 5.75 Å². The van der Waals surface area contributed by atoms with Crippen LogP contribution in [0.5, 0.6) is 5.75 Å². The van der Waals surface area contributed by atoms with Crippen molar-refractivity contribution in [2.45, 2.75) is 13.5 Å². The van der Waals surface area contributed by atoms with Crippen molar-refractivity contribution in [1.29, 1.82) is 0 Å². The predicted molar refractivity (Wildman–Crippen MR) is 111 cm³/mol. The zero-order valence-electron chi connectivity index (χ0n) is 16.4. The Morgan fingerprint density at radius 1 is 1.00 bits per heavy atom. The SMILES string of the molecule is COc1ccc2cc(C[NH+](C)CC(=O)Nc3cccc(C(C)=O)c3)ccc2c1. The van der Waals surface area contributed by atoms with E-state index in [0.717, 1.165) is 28.0 Å². The molecule has 0 bridgehead atoms. The highest BCUT2D eigenvalue weighted by Crippen LogP contribution is 2.21. The lowest BCUT2D eigenvalue weighted by Crippen LogP contribution is -3.08. The molecule has 0 aromatic heterocycles. The maximum absolute atomic E-state index is 12.3. The summed E-state index contributed by atoms with van der Waals surface area (Å²) >= 11 is 0. The van der Waals surface area contributed by atoms with Gasteiger partial charge in [-0.2, -0.15) is 0 Å². The molecule has 28 heavy (non-hydrogen) atoms. The number of ether oxygens (including phenoxy) is 1. The standard InChI is InChI=1S/C23H24N2O3/c1-16(26)18-5-4-6-21(12-18)24-23(27)15-25(2)14-17-7-8-20-13-22(28-3)10-9-19(20)11-17/h4-13H,14-15H2,1-3H3,(H,24,27)/p+1. The molecule has 3 rings (SSSR count). The van der Waals surface area contributed by atoms with Gasteiger partial charge in [0.25, 0.3) is 5.91 Å². The number of nitrogens with one attached hydrogen (secondary N) is 2. The van der Waals surface area contributed by atoms with Crippen LogP contribution in [0.15, 0.2) is 60.7 Å². The summed E-state index contributed by atoms with van der Waals surface area (Å²) in [5, 5.41) is 5.15. The Hall–Kier alpha value is -3.18. The van der Waals surface area contributed by atoms with E-state index in [9.17, 15) is 9.59 Å². The van der Waals surface area contributed by atoms with Crippen LogP contribution in [0, 0.1) is 0 Å². The van der Waals surface area contributed by atoms with Gasteiger partial charge in [-0.05, 0) is 48.0 Å². The fraction of sp³-hybridized carbons (Fsp3) is 0.217. The van der Waals surface area contributed by atoms with E-state index in [1.54, 1.807) is 31.4 Å². The number of Topliss-reactive ketones (excluding diaryl/α,β-unsaturated/α-hetero) is 1. The fourth-order valence-electron chi connectivity index (χ4n) is 3.22. The normalized spacial score (nSPS) is 11.8. The number of methoxy groups -OCH3 is 1. The van der Waals surface area contributed by atoms with Crippen LogP contribution < -0.4 is 15.0 Å². The van der Waals surface area contributed by atoms with Crippen molar-refractivity contribution in [3.05, 3.63) is 71.8 Å². The van der Waals surface area contributed by atoms with E-state index in [1.807, 2.05) is 25.2 Å². The Morgan fingerprint density at radius 3 is 2.50 bits per heavy atom. The third-order valence-electron chi connectivity index (χ3n) is 4.63. The summed E-state index contributed by atoms with van der Waals surface area (Å²) in [6, 6.07) is 19.3. The number of carbonyl (C=O) groups excluding carboxylic acids is 2. The maximum atomic E-state index is 12.3. The van der Waals surface area contributed by atoms with Gasteiger partial charge in [0, 0.05) is 16.8 Å². The van der Waals surface area contributed by atoms with Gasteiger partial charge in [0.05, 0.1) is 14.2 Å². The van der Waals surface area contributed by atoms with Crippen molar-refractivity contribution in [2.75, 3.05) is 26.0 Å². The minimum absolute atomic E-state index is 0.0206. The lowest BCUT2D eigenvalue weighted by molar-refractivity contribution is -0.885. The van der Waals surface area contributed by atoms with Gasteiger partial charge in [-0.15, -0.1) is 0 Å². The number of ketones is 1. The van der Waals surface area contributed by atoms with Gasteiger partial charge in [-0.3, -0.25) is 9.59 Å². The molecule has 3 aromatic rings. The molecule has 2 N–H and O–H groups in total. The Morgan fingerprint density at radius 2 is 1.75 bits per heavy atom. The average Bonchev–Trinajstić information content (AvgIpc) is 2.67. The van der Waals surface area contributed by atoms with E-state index >= 15 is 0 Å². The summed E-state index contributed by atoms with van der Waals surface area (Å²) in [7, 11) is 3.65. The summed E-state index contributed by atoms with van der Waals surface area (Å²) in [5.41, 5.74) is 2.40. The minimum Gasteiger partial charge on any atom is -0.497 e. The molecule has 0 saturated heterocycles. The van der Waals surface area contributed by atoms with E-state index in [0.29, 0.717) is 17.8 Å². The lowest BCUT2D eigenvalue weighted by atomic mass is 10.1. The van der Waals surface area contributed by atoms with Crippen LogP contribution >= 0.6 is 0 Å². The average molecular weight is 377 g/mol. The minimum atomic E-state index is -0.0799. The number of benzene rings is 3. The van der Waals surface area contributed by atoms with E-state index < -0.39 is 0 Å². The Kier molecular flexibility index (Phi) is 6.06. The van der Waals surface area contributed by atoms with Gasteiger partial charge in [-0.25, -0.2) is 0 Å². The molecule has 0 radical (unpaired) electrons. The third-order valence-corrected chi connectivity index (χ3v) is 4.63. The van der Waals surface area contributed by atoms with Gasteiger partial charge >= 0.3 is 0 Å². The van der Waals surface area contributed by atoms with Gasteiger partial charge in [-0.1, -0.05) is 30.3 Å². The number of quaternary nitrogens is 1. The second kappa shape index (κ2) is 8.67. The summed E-state index contributed by atoms with van der Waals surface area (Å²) in [5.74, 6) is 0.741. The third kappa shape index (κ3) is 4.96. The van der Waals surface area contributed by atoms with E-state index in [4.69, 9.17) is 4.74 Å². The van der Waals surface area contributed by atoms with Crippen LogP contribution in [0.3, 0.4) is 0 Å². The quantitative estimate of drug-likeness (QED) is 0.623. The van der Waals surface area contributed by atoms with Gasteiger partial charge in [0.1, 0.15) is 12.3 Å². The number of hydrogen-bond donors (Lipinski definition) is 2. The molecule has 0 aliphatic rings. The Balaban J connectivity index is 1.61. The molecule has 1 atom stereocenters. The molecule has 0 spiro atoms. The Labute approximate surface area is 164 Å². The molecule has 1 amide bonds. The summed E-state index contributed by atoms with van der Waals surface area (Å²) in [6.07, 6.45) is 0. The molecule has 0 aliphatic heterocycles. The highest BCUT2D eigenvalue weighted by Gasteiger charge is 2.12. The van der Waals surface area contributed by atoms with E-state index in [1.165, 1.54) is 12.5 Å². The van der Waals surface area contributed by atoms with Crippen molar-refractivity contribution in [2.24, 2.45) is 0 Å². The first-order valence-electron chi connectivity index (χ1n) is 9.23. The summed E-state index contributed by atoms with van der Waals surface area (Å²) in [4.78, 5) is 24.9. The van der Waals surface area contributed by atoms with E-state index in [2.05, 4.69) is 23.5 Å². The monoisotopic (exact) mass is 377 g/mol. The smallest absolute Gasteiger partial charge is 0.279 e. The van der Waals surface area contributed by atoms with Crippen molar-refractivity contribution in [1.82, 2.24) is 0 Å². The molecule has 0 saturated carbocycles. The topological polar surface area (TPSA) is 59.8 Å². The van der Waals surface area contributed by atoms with Gasteiger partial charge < -0.3 is 15.0 Å². The van der Waals surface area contributed by atoms with Crippen molar-refractivity contribution < 1.29 is 19.2 Å². The van der Waals surface area contributed by atoms with E-state index in [-0.39, 0.29) is 11.7 Å². The molecule has 0 fully saturated rings. The number of rotatable bonds is 7. The highest BCUT2D eigenvalue weighted by molar-refractivity contribution is 5.97. The Bertz CT molecular complexity index is 1010. The van der Waals surface area contributed by atoms with Crippen molar-refractivity contribution in [3.63, 3.8) is 0 Å². The molecule has 0 aliphatic carbocycles. The molecule has 5 heteroatoms. The number of likely N-dealkylation sites (N-methyl/N-ethyl adjacent to an activating group) is 1. The molecule has 1 unspecified atom stereocenters. The van der Waals surface area contributed by atoms with Crippen LogP contribution in [-0.4, -0.2) is 32.4 Å². The van der Waals surface area contributed by atoms with Crippen LogP contribution in [-0.2, 0) is 11.3 Å². The molecule has 5 nitrogen and oxygen atoms in total. The molecule has 0 heterocycles. The number of amides is 1. The summed E-state index contributed by atoms with van der Waals surface area (Å²) in [6.45, 7) is 2.59. The maximum Gasteiger partial charge on any atom is 0.279 e. The van der Waals surface area contributed by atoms with Crippen molar-refractivity contribution >= 4 is 28.2 Å². The number of fused-ring (bicyclic) bond motifs is 1. The zero-order chi connectivity index (χ0) is 20.1. The zero-order valence-corrected chi connectivity index (χ0v) is 16.4. The van der Waals surface area contributed by atoms with Crippen LogP contribution in [0.1, 0.15) is 22.8 Å². The number of anilines is 1. The first kappa shape index (κ1) is 19.6. The second-order valence-corrected chi connectivity index (χ2v) is 7.04. The second-order valence-electron chi connectivity index (χ2n) is 7.04. The molecular weight excluding hydrogens is 352 g/mol. The predicted octanol–water partition coefficient (Wildman–Crippen LogP) is 2.70. The van der Waals surface area contributed by atoms with Crippen LogP contribution in [0.2, 0.25) is 0 Å². The van der Waals surface area contributed by atoms with Gasteiger partial charge in [0.15, 0.2) is 12.3 Å². The lowest BCUT2D eigenvalue weighted by Gasteiger charge is -2.15. The van der Waals surface area contributed by atoms with Gasteiger partial charge in [0.2, 0.25) is 0 Å². The number of hydrogen-bond acceptors (Lipinski definition) is 3. The molecule has 3 aromatic carbocycles. The fourth-order valence-corrected chi connectivity index (χ4v) is 3.22. The first-order valence-corrected chi connectivity index (χ1v) is 9.23. The van der Waals surface area contributed by atoms with Crippen LogP contribution in [0.4, 0.5) is 5.69 Å². The highest BCUT2D eigenvalue weighted by atomic mass is 16.5. The van der Waals surface area contributed by atoms with Crippen LogP contribution in [0.25, 0.3) is 10.8 Å².